The lowest BCUT2D eigenvalue weighted by Gasteiger charge is -2.05. The highest BCUT2D eigenvalue weighted by Gasteiger charge is 2.20. The first kappa shape index (κ1) is 14.5. The molecule has 0 aromatic heterocycles. The number of phenols is 1. The van der Waals surface area contributed by atoms with Crippen molar-refractivity contribution in [3.63, 3.8) is 0 Å². The van der Waals surface area contributed by atoms with Gasteiger partial charge < -0.3 is 10.4 Å². The summed E-state index contributed by atoms with van der Waals surface area (Å²) >= 11 is 0. The average Bonchev–Trinajstić information content (AvgIpc) is 2.37. The zero-order valence-corrected chi connectivity index (χ0v) is 10.3. The number of unbranched alkanes of at least 4 members (excludes halogenated alkanes) is 2. The number of aromatic hydroxyl groups is 1. The third kappa shape index (κ3) is 4.32. The zero-order valence-electron chi connectivity index (χ0n) is 10.3. The van der Waals surface area contributed by atoms with Crippen LogP contribution in [0.15, 0.2) is 18.2 Å². The average molecular weight is 262 g/mol. The number of carbonyl (C=O) groups is 1. The monoisotopic (exact) mass is 262 g/mol. The Morgan fingerprint density at radius 3 is 2.84 bits per heavy atom. The third-order valence-corrected chi connectivity index (χ3v) is 2.45. The maximum absolute atomic E-state index is 11.8. The molecule has 6 heteroatoms. The number of hydrogen-bond donors (Lipinski definition) is 2. The van der Waals surface area contributed by atoms with Crippen molar-refractivity contribution in [2.24, 2.45) is 0 Å². The van der Waals surface area contributed by atoms with Crippen molar-refractivity contribution < 1.29 is 14.8 Å². The van der Waals surface area contributed by atoms with Gasteiger partial charge in [-0.2, -0.15) is 0 Å². The molecule has 1 amide bonds. The number of nitrogens with zero attached hydrogens (tertiary/aromatic N) is 1. The number of nitrogens with one attached hydrogen (secondary N) is 1. The minimum Gasteiger partial charge on any atom is -0.508 e. The number of benzene rings is 1. The summed E-state index contributed by atoms with van der Waals surface area (Å²) in [4.78, 5) is 21.9. The standard InChI is InChI=1S/C13H14N2O4/c1-2-3-4-5-8-14-13(17)11-9-10(16)6-7-12(11)15(18)19/h1,6-7,9,16H,3-5,8H2,(H,14,17). The molecular weight excluding hydrogens is 248 g/mol. The molecule has 1 aromatic carbocycles. The molecule has 0 spiro atoms. The van der Waals surface area contributed by atoms with Crippen molar-refractivity contribution >= 4 is 11.6 Å². The van der Waals surface area contributed by atoms with Crippen LogP contribution in [0.4, 0.5) is 5.69 Å². The van der Waals surface area contributed by atoms with Gasteiger partial charge in [0.15, 0.2) is 0 Å². The van der Waals surface area contributed by atoms with Crippen LogP contribution < -0.4 is 5.32 Å². The first-order chi connectivity index (χ1) is 9.06. The Morgan fingerprint density at radius 2 is 2.21 bits per heavy atom. The molecular formula is C13H14N2O4. The van der Waals surface area contributed by atoms with Gasteiger partial charge in [0.2, 0.25) is 0 Å². The molecule has 0 heterocycles. The lowest BCUT2D eigenvalue weighted by molar-refractivity contribution is -0.385. The minimum absolute atomic E-state index is 0.151. The fourth-order valence-electron chi connectivity index (χ4n) is 1.51. The zero-order chi connectivity index (χ0) is 14.3. The summed E-state index contributed by atoms with van der Waals surface area (Å²) in [5.74, 6) is 1.71. The lowest BCUT2D eigenvalue weighted by Crippen LogP contribution is -2.25. The molecule has 0 aliphatic carbocycles. The van der Waals surface area contributed by atoms with Crippen LogP contribution in [0.2, 0.25) is 0 Å². The summed E-state index contributed by atoms with van der Waals surface area (Å²) in [6.45, 7) is 0.382. The molecule has 1 rings (SSSR count). The summed E-state index contributed by atoms with van der Waals surface area (Å²) in [5, 5.41) is 22.6. The van der Waals surface area contributed by atoms with Crippen molar-refractivity contribution in [1.82, 2.24) is 5.32 Å². The Kier molecular flexibility index (Phi) is 5.35. The van der Waals surface area contributed by atoms with Crippen LogP contribution >= 0.6 is 0 Å². The van der Waals surface area contributed by atoms with Gasteiger partial charge in [-0.05, 0) is 25.0 Å². The second-order valence-electron chi connectivity index (χ2n) is 3.88. The van der Waals surface area contributed by atoms with Crippen LogP contribution in [-0.4, -0.2) is 22.5 Å². The van der Waals surface area contributed by atoms with Crippen LogP contribution in [0, 0.1) is 22.5 Å². The lowest BCUT2D eigenvalue weighted by atomic mass is 10.1. The first-order valence-electron chi connectivity index (χ1n) is 5.75. The van der Waals surface area contributed by atoms with Crippen LogP contribution in [0.1, 0.15) is 29.6 Å². The summed E-state index contributed by atoms with van der Waals surface area (Å²) in [5.41, 5.74) is -0.485. The van der Waals surface area contributed by atoms with Crippen LogP contribution in [0.3, 0.4) is 0 Å². The van der Waals surface area contributed by atoms with E-state index in [0.717, 1.165) is 18.6 Å². The Labute approximate surface area is 110 Å². The van der Waals surface area contributed by atoms with Crippen LogP contribution in [0.25, 0.3) is 0 Å². The largest absolute Gasteiger partial charge is 0.508 e. The molecule has 0 aliphatic heterocycles. The molecule has 1 aromatic rings. The van der Waals surface area contributed by atoms with Crippen molar-refractivity contribution in [1.29, 1.82) is 0 Å². The molecule has 100 valence electrons. The molecule has 0 radical (unpaired) electrons. The molecule has 2 N–H and O–H groups in total. The van der Waals surface area contributed by atoms with Gasteiger partial charge >= 0.3 is 0 Å². The van der Waals surface area contributed by atoms with E-state index in [2.05, 4.69) is 11.2 Å². The summed E-state index contributed by atoms with van der Waals surface area (Å²) < 4.78 is 0. The molecule has 19 heavy (non-hydrogen) atoms. The van der Waals surface area contributed by atoms with Gasteiger partial charge in [0.05, 0.1) is 4.92 Å². The van der Waals surface area contributed by atoms with Crippen molar-refractivity contribution in [3.05, 3.63) is 33.9 Å². The van der Waals surface area contributed by atoms with Crippen LogP contribution in [-0.2, 0) is 0 Å². The number of nitro groups is 1. The molecule has 0 unspecified atom stereocenters. The quantitative estimate of drug-likeness (QED) is 0.354. The normalized spacial score (nSPS) is 9.63. The van der Waals surface area contributed by atoms with E-state index in [1.807, 2.05) is 0 Å². The highest BCUT2D eigenvalue weighted by atomic mass is 16.6. The number of terminal acetylenes is 1. The molecule has 0 saturated carbocycles. The molecule has 0 bridgehead atoms. The number of nitro benzene ring substituents is 1. The van der Waals surface area contributed by atoms with E-state index in [-0.39, 0.29) is 17.0 Å². The fourth-order valence-corrected chi connectivity index (χ4v) is 1.51. The van der Waals surface area contributed by atoms with Crippen molar-refractivity contribution in [2.75, 3.05) is 6.54 Å². The highest BCUT2D eigenvalue weighted by Crippen LogP contribution is 2.23. The molecule has 0 saturated heterocycles. The predicted molar refractivity (Wildman–Crippen MR) is 69.8 cm³/mol. The summed E-state index contributed by atoms with van der Waals surface area (Å²) in [7, 11) is 0. The van der Waals surface area contributed by atoms with Gasteiger partial charge in [-0.25, -0.2) is 0 Å². The summed E-state index contributed by atoms with van der Waals surface area (Å²) in [6.07, 6.45) is 7.19. The second-order valence-corrected chi connectivity index (χ2v) is 3.88. The van der Waals surface area contributed by atoms with Gasteiger partial charge in [0.25, 0.3) is 11.6 Å². The Balaban J connectivity index is 2.68. The number of rotatable bonds is 6. The van der Waals surface area contributed by atoms with Crippen molar-refractivity contribution in [3.8, 4) is 18.1 Å². The third-order valence-electron chi connectivity index (χ3n) is 2.45. The van der Waals surface area contributed by atoms with Crippen molar-refractivity contribution in [2.45, 2.75) is 19.3 Å². The van der Waals surface area contributed by atoms with E-state index in [9.17, 15) is 20.0 Å². The highest BCUT2D eigenvalue weighted by molar-refractivity contribution is 5.98. The fraction of sp³-hybridized carbons (Fsp3) is 0.308. The Hall–Kier alpha value is -2.55. The maximum atomic E-state index is 11.8. The maximum Gasteiger partial charge on any atom is 0.282 e. The molecule has 0 atom stereocenters. The SMILES string of the molecule is C#CCCCCNC(=O)c1cc(O)ccc1[N+](=O)[O-]. The van der Waals surface area contributed by atoms with E-state index in [4.69, 9.17) is 6.42 Å². The number of hydrogen-bond acceptors (Lipinski definition) is 4. The van der Waals surface area contributed by atoms with E-state index in [1.54, 1.807) is 0 Å². The molecule has 0 fully saturated rings. The smallest absolute Gasteiger partial charge is 0.282 e. The van der Waals surface area contributed by atoms with Gasteiger partial charge in [-0.15, -0.1) is 12.3 Å². The Morgan fingerprint density at radius 1 is 1.47 bits per heavy atom. The van der Waals surface area contributed by atoms with Gasteiger partial charge in [0, 0.05) is 19.0 Å². The topological polar surface area (TPSA) is 92.5 Å². The number of carbonyl (C=O) groups excluding carboxylic acids is 1. The first-order valence-corrected chi connectivity index (χ1v) is 5.75. The minimum atomic E-state index is -0.660. The van der Waals surface area contributed by atoms with E-state index >= 15 is 0 Å². The van der Waals surface area contributed by atoms with Gasteiger partial charge in [-0.1, -0.05) is 0 Å². The van der Waals surface area contributed by atoms with Gasteiger partial charge in [-0.3, -0.25) is 14.9 Å². The predicted octanol–water partition coefficient (Wildman–Crippen LogP) is 1.83. The summed E-state index contributed by atoms with van der Waals surface area (Å²) in [6, 6.07) is 3.35. The number of amides is 1. The second kappa shape index (κ2) is 7.01. The van der Waals surface area contributed by atoms with E-state index in [0.29, 0.717) is 19.4 Å². The van der Waals surface area contributed by atoms with Gasteiger partial charge in [0.1, 0.15) is 11.3 Å². The van der Waals surface area contributed by atoms with E-state index in [1.165, 1.54) is 6.07 Å². The van der Waals surface area contributed by atoms with E-state index < -0.39 is 10.8 Å². The molecule has 6 nitrogen and oxygen atoms in total. The Bertz CT molecular complexity index is 520. The molecule has 0 aliphatic rings. The number of phenolic OH excluding ortho intramolecular Hbond substituents is 1. The van der Waals surface area contributed by atoms with Crippen LogP contribution in [0.5, 0.6) is 5.75 Å².